The molecule has 0 spiro atoms. The summed E-state index contributed by atoms with van der Waals surface area (Å²) in [5.41, 5.74) is 0.241. The van der Waals surface area contributed by atoms with Crippen molar-refractivity contribution in [3.05, 3.63) is 29.8 Å². The highest BCUT2D eigenvalue weighted by Gasteiger charge is 2.11. The maximum absolute atomic E-state index is 13.3. The number of anilines is 1. The first-order valence-electron chi connectivity index (χ1n) is 5.28. The predicted octanol–water partition coefficient (Wildman–Crippen LogP) is 3.30. The van der Waals surface area contributed by atoms with Gasteiger partial charge in [-0.2, -0.15) is 0 Å². The fourth-order valence-electron chi connectivity index (χ4n) is 1.10. The van der Waals surface area contributed by atoms with Crippen LogP contribution in [0.1, 0.15) is 20.8 Å². The second-order valence-corrected chi connectivity index (χ2v) is 5.40. The average molecular weight is 258 g/mol. The third-order valence-corrected chi connectivity index (χ3v) is 2.21. The lowest BCUT2D eigenvalue weighted by atomic mass is 9.97. The van der Waals surface area contributed by atoms with Gasteiger partial charge in [0.1, 0.15) is 11.6 Å². The smallest absolute Gasteiger partial charge is 0.170 e. The molecule has 0 aliphatic carbocycles. The predicted molar refractivity (Wildman–Crippen MR) is 70.0 cm³/mol. The summed E-state index contributed by atoms with van der Waals surface area (Å²) in [5, 5.41) is 5.99. The third-order valence-electron chi connectivity index (χ3n) is 1.96. The Morgan fingerprint density at radius 3 is 2.47 bits per heavy atom. The Balaban J connectivity index is 2.57. The van der Waals surface area contributed by atoms with Crippen LogP contribution in [0.5, 0.6) is 0 Å². The number of hydrogen-bond donors (Lipinski definition) is 2. The van der Waals surface area contributed by atoms with Crippen molar-refractivity contribution in [3.63, 3.8) is 0 Å². The van der Waals surface area contributed by atoms with Gasteiger partial charge in [-0.1, -0.05) is 20.8 Å². The Labute approximate surface area is 105 Å². The van der Waals surface area contributed by atoms with E-state index in [1.54, 1.807) is 0 Å². The SMILES string of the molecule is CC(C)(C)CNC(=S)Nc1ccc(F)cc1F. The summed E-state index contributed by atoms with van der Waals surface area (Å²) in [4.78, 5) is 0. The highest BCUT2D eigenvalue weighted by molar-refractivity contribution is 7.80. The first-order valence-corrected chi connectivity index (χ1v) is 5.69. The lowest BCUT2D eigenvalue weighted by Crippen LogP contribution is -2.35. The Kier molecular flexibility index (Phi) is 4.40. The van der Waals surface area contributed by atoms with Crippen LogP contribution in [0.15, 0.2) is 18.2 Å². The zero-order chi connectivity index (χ0) is 13.1. The largest absolute Gasteiger partial charge is 0.362 e. The van der Waals surface area contributed by atoms with Gasteiger partial charge < -0.3 is 10.6 Å². The van der Waals surface area contributed by atoms with E-state index < -0.39 is 11.6 Å². The van der Waals surface area contributed by atoms with E-state index in [0.29, 0.717) is 11.7 Å². The molecule has 2 N–H and O–H groups in total. The maximum atomic E-state index is 13.3. The zero-order valence-electron chi connectivity index (χ0n) is 10.1. The van der Waals surface area contributed by atoms with Crippen molar-refractivity contribution in [3.8, 4) is 0 Å². The molecule has 1 rings (SSSR count). The van der Waals surface area contributed by atoms with Crippen molar-refractivity contribution in [2.24, 2.45) is 5.41 Å². The van der Waals surface area contributed by atoms with Crippen LogP contribution >= 0.6 is 12.2 Å². The molecule has 0 heterocycles. The fraction of sp³-hybridized carbons (Fsp3) is 0.417. The fourth-order valence-corrected chi connectivity index (χ4v) is 1.28. The summed E-state index contributed by atoms with van der Waals surface area (Å²) >= 11 is 5.01. The number of halogens is 2. The molecule has 0 aliphatic heterocycles. The molecule has 0 fully saturated rings. The van der Waals surface area contributed by atoms with Crippen LogP contribution in [0.3, 0.4) is 0 Å². The summed E-state index contributed by atoms with van der Waals surface area (Å²) in [5.74, 6) is -1.27. The molecule has 94 valence electrons. The molecule has 5 heteroatoms. The molecule has 1 aromatic carbocycles. The minimum atomic E-state index is -0.662. The van der Waals surface area contributed by atoms with Crippen LogP contribution in [0, 0.1) is 17.0 Å². The van der Waals surface area contributed by atoms with Crippen molar-refractivity contribution >= 4 is 23.0 Å². The van der Waals surface area contributed by atoms with Gasteiger partial charge in [0.15, 0.2) is 5.11 Å². The highest BCUT2D eigenvalue weighted by Crippen LogP contribution is 2.15. The molecular weight excluding hydrogens is 242 g/mol. The molecule has 0 amide bonds. The van der Waals surface area contributed by atoms with E-state index in [1.165, 1.54) is 12.1 Å². The summed E-state index contributed by atoms with van der Waals surface area (Å²) < 4.78 is 26.0. The van der Waals surface area contributed by atoms with Crippen molar-refractivity contribution < 1.29 is 8.78 Å². The Hall–Kier alpha value is -1.23. The first kappa shape index (κ1) is 13.8. The Bertz CT molecular complexity index is 413. The number of nitrogens with one attached hydrogen (secondary N) is 2. The molecule has 0 aliphatic rings. The van der Waals surface area contributed by atoms with E-state index in [1.807, 2.05) is 0 Å². The molecule has 0 aromatic heterocycles. The van der Waals surface area contributed by atoms with Gasteiger partial charge in [-0.25, -0.2) is 8.78 Å². The molecule has 1 aromatic rings. The molecule has 0 bridgehead atoms. The van der Waals surface area contributed by atoms with Crippen molar-refractivity contribution in [2.45, 2.75) is 20.8 Å². The molecule has 0 radical (unpaired) electrons. The lowest BCUT2D eigenvalue weighted by molar-refractivity contribution is 0.409. The van der Waals surface area contributed by atoms with Crippen molar-refractivity contribution in [1.82, 2.24) is 5.32 Å². The summed E-state index contributed by atoms with van der Waals surface area (Å²) in [6, 6.07) is 3.31. The van der Waals surface area contributed by atoms with Gasteiger partial charge >= 0.3 is 0 Å². The van der Waals surface area contributed by atoms with Gasteiger partial charge in [0, 0.05) is 12.6 Å². The van der Waals surface area contributed by atoms with Gasteiger partial charge in [0.05, 0.1) is 5.69 Å². The zero-order valence-corrected chi connectivity index (χ0v) is 10.9. The summed E-state index contributed by atoms with van der Waals surface area (Å²) in [7, 11) is 0. The molecule has 0 saturated carbocycles. The van der Waals surface area contributed by atoms with E-state index in [4.69, 9.17) is 12.2 Å². The van der Waals surface area contributed by atoms with E-state index in [-0.39, 0.29) is 11.1 Å². The third kappa shape index (κ3) is 5.08. The molecule has 2 nitrogen and oxygen atoms in total. The molecule has 17 heavy (non-hydrogen) atoms. The average Bonchev–Trinajstić information content (AvgIpc) is 2.18. The topological polar surface area (TPSA) is 24.1 Å². The molecular formula is C12H16F2N2S. The summed E-state index contributed by atoms with van der Waals surface area (Å²) in [6.07, 6.45) is 0. The number of hydrogen-bond acceptors (Lipinski definition) is 1. The first-order chi connectivity index (χ1) is 7.78. The maximum Gasteiger partial charge on any atom is 0.170 e. The van der Waals surface area contributed by atoms with E-state index in [0.717, 1.165) is 6.07 Å². The van der Waals surface area contributed by atoms with E-state index in [2.05, 4.69) is 31.4 Å². The van der Waals surface area contributed by atoms with Gasteiger partial charge in [-0.05, 0) is 29.8 Å². The minimum absolute atomic E-state index is 0.0765. The summed E-state index contributed by atoms with van der Waals surface area (Å²) in [6.45, 7) is 6.84. The normalized spacial score (nSPS) is 11.1. The van der Waals surface area contributed by atoms with E-state index >= 15 is 0 Å². The lowest BCUT2D eigenvalue weighted by Gasteiger charge is -2.20. The van der Waals surface area contributed by atoms with Gasteiger partial charge in [-0.15, -0.1) is 0 Å². The quantitative estimate of drug-likeness (QED) is 0.796. The van der Waals surface area contributed by atoms with Crippen molar-refractivity contribution in [1.29, 1.82) is 0 Å². The standard InChI is InChI=1S/C12H16F2N2S/c1-12(2,3)7-15-11(17)16-10-5-4-8(13)6-9(10)14/h4-6H,7H2,1-3H3,(H2,15,16,17). The monoisotopic (exact) mass is 258 g/mol. The van der Waals surface area contributed by atoms with Crippen LogP contribution in [0.25, 0.3) is 0 Å². The number of benzene rings is 1. The van der Waals surface area contributed by atoms with Crippen LogP contribution in [0.2, 0.25) is 0 Å². The van der Waals surface area contributed by atoms with Crippen LogP contribution in [-0.4, -0.2) is 11.7 Å². The minimum Gasteiger partial charge on any atom is -0.362 e. The van der Waals surface area contributed by atoms with Gasteiger partial charge in [0.25, 0.3) is 0 Å². The Morgan fingerprint density at radius 2 is 1.94 bits per heavy atom. The second kappa shape index (κ2) is 5.40. The van der Waals surface area contributed by atoms with Crippen LogP contribution in [0.4, 0.5) is 14.5 Å². The molecule has 0 unspecified atom stereocenters. The Morgan fingerprint density at radius 1 is 1.29 bits per heavy atom. The second-order valence-electron chi connectivity index (χ2n) is 4.99. The highest BCUT2D eigenvalue weighted by atomic mass is 32.1. The number of rotatable bonds is 2. The van der Waals surface area contributed by atoms with Crippen molar-refractivity contribution in [2.75, 3.05) is 11.9 Å². The van der Waals surface area contributed by atoms with Gasteiger partial charge in [-0.3, -0.25) is 0 Å². The van der Waals surface area contributed by atoms with Crippen LogP contribution in [-0.2, 0) is 0 Å². The van der Waals surface area contributed by atoms with E-state index in [9.17, 15) is 8.78 Å². The van der Waals surface area contributed by atoms with Crippen LogP contribution < -0.4 is 10.6 Å². The van der Waals surface area contributed by atoms with Gasteiger partial charge in [0.2, 0.25) is 0 Å². The number of thiocarbonyl (C=S) groups is 1. The molecule has 0 atom stereocenters. The molecule has 0 saturated heterocycles.